The van der Waals surface area contributed by atoms with Crippen LogP contribution < -0.4 is 10.6 Å². The summed E-state index contributed by atoms with van der Waals surface area (Å²) in [7, 11) is 0. The van der Waals surface area contributed by atoms with E-state index >= 15 is 0 Å². The van der Waals surface area contributed by atoms with Crippen LogP contribution in [0.5, 0.6) is 0 Å². The molecule has 1 heterocycles. The van der Waals surface area contributed by atoms with Crippen LogP contribution in [0.4, 0.5) is 0 Å². The minimum atomic E-state index is -0.224. The number of nitrogens with zero attached hydrogens (tertiary/aromatic N) is 1. The Kier molecular flexibility index (Phi) is 6.02. The predicted molar refractivity (Wildman–Crippen MR) is 102 cm³/mol. The molecule has 0 bridgehead atoms. The van der Waals surface area contributed by atoms with E-state index < -0.39 is 0 Å². The van der Waals surface area contributed by atoms with Crippen molar-refractivity contribution in [2.24, 2.45) is 0 Å². The Balaban J connectivity index is 1.64. The molecule has 0 aliphatic carbocycles. The van der Waals surface area contributed by atoms with Gasteiger partial charge in [0.1, 0.15) is 0 Å². The lowest BCUT2D eigenvalue weighted by atomic mass is 10.0. The average molecular weight is 351 g/mol. The van der Waals surface area contributed by atoms with Crippen LogP contribution in [0, 0.1) is 0 Å². The first kappa shape index (κ1) is 18.1. The van der Waals surface area contributed by atoms with E-state index in [1.54, 1.807) is 12.1 Å². The highest BCUT2D eigenvalue weighted by molar-refractivity contribution is 5.96. The largest absolute Gasteiger partial charge is 0.343 e. The normalized spacial score (nSPS) is 17.0. The molecule has 2 amide bonds. The maximum Gasteiger partial charge on any atom is 0.251 e. The third-order valence-corrected chi connectivity index (χ3v) is 4.77. The Labute approximate surface area is 154 Å². The van der Waals surface area contributed by atoms with Gasteiger partial charge in [-0.25, -0.2) is 0 Å². The first-order valence-electron chi connectivity index (χ1n) is 9.11. The van der Waals surface area contributed by atoms with Crippen molar-refractivity contribution in [3.05, 3.63) is 71.3 Å². The quantitative estimate of drug-likeness (QED) is 0.868. The number of piperazine rings is 1. The lowest BCUT2D eigenvalue weighted by Crippen LogP contribution is -2.51. The number of amides is 2. The summed E-state index contributed by atoms with van der Waals surface area (Å²) in [6.45, 7) is 4.27. The molecule has 2 aromatic carbocycles. The van der Waals surface area contributed by atoms with Gasteiger partial charge in [-0.15, -0.1) is 0 Å². The zero-order valence-corrected chi connectivity index (χ0v) is 15.1. The Bertz CT molecular complexity index is 744. The lowest BCUT2D eigenvalue weighted by Gasteiger charge is -2.36. The van der Waals surface area contributed by atoms with E-state index in [4.69, 9.17) is 0 Å². The van der Waals surface area contributed by atoms with Crippen LogP contribution in [-0.2, 0) is 11.2 Å². The average Bonchev–Trinajstić information content (AvgIpc) is 2.72. The summed E-state index contributed by atoms with van der Waals surface area (Å²) in [5, 5.41) is 6.09. The fraction of sp³-hybridized carbons (Fsp3) is 0.333. The minimum absolute atomic E-state index is 0.00390. The number of hydrogen-bond acceptors (Lipinski definition) is 3. The zero-order chi connectivity index (χ0) is 18.4. The summed E-state index contributed by atoms with van der Waals surface area (Å²) < 4.78 is 0. The lowest BCUT2D eigenvalue weighted by molar-refractivity contribution is -0.133. The standard InChI is InChI=1S/C21H25N3O2/c1-2-16-8-10-17(11-9-16)19-14-22-12-13-24(19)20(25)15-23-21(26)18-6-4-3-5-7-18/h3-11,19,22H,2,12-15H2,1H3,(H,23,26). The van der Waals surface area contributed by atoms with Crippen molar-refractivity contribution >= 4 is 11.8 Å². The predicted octanol–water partition coefficient (Wildman–Crippen LogP) is 2.15. The summed E-state index contributed by atoms with van der Waals surface area (Å²) in [6, 6.07) is 17.4. The van der Waals surface area contributed by atoms with Crippen LogP contribution in [0.2, 0.25) is 0 Å². The molecule has 1 saturated heterocycles. The van der Waals surface area contributed by atoms with E-state index in [2.05, 4.69) is 41.8 Å². The van der Waals surface area contributed by atoms with Crippen molar-refractivity contribution in [3.63, 3.8) is 0 Å². The third kappa shape index (κ3) is 4.29. The van der Waals surface area contributed by atoms with E-state index in [1.807, 2.05) is 23.1 Å². The number of hydrogen-bond donors (Lipinski definition) is 2. The van der Waals surface area contributed by atoms with Gasteiger partial charge in [0, 0.05) is 25.2 Å². The molecular weight excluding hydrogens is 326 g/mol. The molecule has 2 N–H and O–H groups in total. The number of benzene rings is 2. The fourth-order valence-electron chi connectivity index (χ4n) is 3.23. The Morgan fingerprint density at radius 2 is 1.85 bits per heavy atom. The summed E-state index contributed by atoms with van der Waals surface area (Å²) >= 11 is 0. The van der Waals surface area contributed by atoms with Crippen LogP contribution in [-0.4, -0.2) is 42.9 Å². The first-order valence-corrected chi connectivity index (χ1v) is 9.11. The number of carbonyl (C=O) groups is 2. The number of aryl methyl sites for hydroxylation is 1. The van der Waals surface area contributed by atoms with Gasteiger partial charge in [0.05, 0.1) is 12.6 Å². The van der Waals surface area contributed by atoms with E-state index in [0.717, 1.165) is 25.1 Å². The molecule has 3 rings (SSSR count). The Morgan fingerprint density at radius 1 is 1.12 bits per heavy atom. The third-order valence-electron chi connectivity index (χ3n) is 4.77. The molecule has 2 aromatic rings. The highest BCUT2D eigenvalue weighted by Crippen LogP contribution is 2.22. The minimum Gasteiger partial charge on any atom is -0.343 e. The topological polar surface area (TPSA) is 61.4 Å². The molecule has 1 aliphatic heterocycles. The molecule has 1 atom stereocenters. The number of rotatable bonds is 5. The maximum absolute atomic E-state index is 12.7. The number of nitrogens with one attached hydrogen (secondary N) is 2. The van der Waals surface area contributed by atoms with Gasteiger partial charge in [0.2, 0.25) is 5.91 Å². The Morgan fingerprint density at radius 3 is 2.54 bits per heavy atom. The van der Waals surface area contributed by atoms with Gasteiger partial charge >= 0.3 is 0 Å². The molecule has 26 heavy (non-hydrogen) atoms. The van der Waals surface area contributed by atoms with Gasteiger partial charge in [-0.05, 0) is 29.7 Å². The second-order valence-corrected chi connectivity index (χ2v) is 6.45. The van der Waals surface area contributed by atoms with Crippen molar-refractivity contribution in [2.75, 3.05) is 26.2 Å². The van der Waals surface area contributed by atoms with Crippen molar-refractivity contribution in [2.45, 2.75) is 19.4 Å². The van der Waals surface area contributed by atoms with Crippen LogP contribution in [0.3, 0.4) is 0 Å². The molecule has 1 fully saturated rings. The van der Waals surface area contributed by atoms with Gasteiger partial charge in [0.25, 0.3) is 5.91 Å². The maximum atomic E-state index is 12.7. The first-order chi connectivity index (χ1) is 12.7. The van der Waals surface area contributed by atoms with Crippen molar-refractivity contribution in [1.82, 2.24) is 15.5 Å². The highest BCUT2D eigenvalue weighted by atomic mass is 16.2. The molecule has 136 valence electrons. The van der Waals surface area contributed by atoms with Crippen molar-refractivity contribution in [1.29, 1.82) is 0 Å². The molecule has 0 spiro atoms. The summed E-state index contributed by atoms with van der Waals surface area (Å²) in [5.41, 5.74) is 2.97. The highest BCUT2D eigenvalue weighted by Gasteiger charge is 2.27. The summed E-state index contributed by atoms with van der Waals surface area (Å²) in [5.74, 6) is -0.279. The molecule has 0 radical (unpaired) electrons. The zero-order valence-electron chi connectivity index (χ0n) is 15.1. The Hall–Kier alpha value is -2.66. The van der Waals surface area contributed by atoms with Crippen LogP contribution in [0.15, 0.2) is 54.6 Å². The van der Waals surface area contributed by atoms with Crippen LogP contribution in [0.1, 0.15) is 34.5 Å². The smallest absolute Gasteiger partial charge is 0.251 e. The van der Waals surface area contributed by atoms with Gasteiger partial charge < -0.3 is 15.5 Å². The fourth-order valence-corrected chi connectivity index (χ4v) is 3.23. The van der Waals surface area contributed by atoms with E-state index in [0.29, 0.717) is 12.1 Å². The van der Waals surface area contributed by atoms with Gasteiger partial charge in [0.15, 0.2) is 0 Å². The second kappa shape index (κ2) is 8.63. The van der Waals surface area contributed by atoms with Crippen LogP contribution in [0.25, 0.3) is 0 Å². The van der Waals surface area contributed by atoms with E-state index in [1.165, 1.54) is 5.56 Å². The molecule has 0 aromatic heterocycles. The molecule has 1 aliphatic rings. The SMILES string of the molecule is CCc1ccc(C2CNCCN2C(=O)CNC(=O)c2ccccc2)cc1. The van der Waals surface area contributed by atoms with Crippen LogP contribution >= 0.6 is 0 Å². The summed E-state index contributed by atoms with van der Waals surface area (Å²) in [4.78, 5) is 26.7. The van der Waals surface area contributed by atoms with Crippen molar-refractivity contribution in [3.8, 4) is 0 Å². The van der Waals surface area contributed by atoms with Crippen molar-refractivity contribution < 1.29 is 9.59 Å². The second-order valence-electron chi connectivity index (χ2n) is 6.45. The van der Waals surface area contributed by atoms with E-state index in [9.17, 15) is 9.59 Å². The molecule has 0 saturated carbocycles. The van der Waals surface area contributed by atoms with Gasteiger partial charge in [-0.2, -0.15) is 0 Å². The van der Waals surface area contributed by atoms with Gasteiger partial charge in [-0.3, -0.25) is 9.59 Å². The van der Waals surface area contributed by atoms with Gasteiger partial charge in [-0.1, -0.05) is 49.4 Å². The molecular formula is C21H25N3O2. The monoisotopic (exact) mass is 351 g/mol. The molecule has 1 unspecified atom stereocenters. The molecule has 5 nitrogen and oxygen atoms in total. The summed E-state index contributed by atoms with van der Waals surface area (Å²) in [6.07, 6.45) is 0.997. The molecule has 5 heteroatoms. The van der Waals surface area contributed by atoms with E-state index in [-0.39, 0.29) is 24.4 Å². The number of carbonyl (C=O) groups excluding carboxylic acids is 2.